The summed E-state index contributed by atoms with van der Waals surface area (Å²) in [7, 11) is 3.94. The molecule has 1 aromatic carbocycles. The van der Waals surface area contributed by atoms with Gasteiger partial charge in [-0.2, -0.15) is 0 Å². The van der Waals surface area contributed by atoms with Crippen LogP contribution in [-0.4, -0.2) is 48.9 Å². The van der Waals surface area contributed by atoms with Gasteiger partial charge in [0.25, 0.3) is 11.8 Å². The van der Waals surface area contributed by atoms with E-state index >= 15 is 0 Å². The highest BCUT2D eigenvalue weighted by Gasteiger charge is 2.12. The van der Waals surface area contributed by atoms with Gasteiger partial charge in [0, 0.05) is 24.0 Å². The Bertz CT molecular complexity index is 797. The molecule has 0 radical (unpaired) electrons. The van der Waals surface area contributed by atoms with Gasteiger partial charge in [0.2, 0.25) is 0 Å². The molecule has 2 amide bonds. The number of carbonyl (C=O) groups excluding carboxylic acids is 2. The highest BCUT2D eigenvalue weighted by atomic mass is 35.5. The first-order chi connectivity index (χ1) is 12.4. The number of amides is 2. The van der Waals surface area contributed by atoms with Gasteiger partial charge in [0.15, 0.2) is 0 Å². The van der Waals surface area contributed by atoms with Crippen LogP contribution in [0.15, 0.2) is 36.5 Å². The van der Waals surface area contributed by atoms with E-state index in [4.69, 9.17) is 23.2 Å². The molecule has 2 rings (SSSR count). The summed E-state index contributed by atoms with van der Waals surface area (Å²) in [4.78, 5) is 30.6. The zero-order chi connectivity index (χ0) is 19.1. The lowest BCUT2D eigenvalue weighted by atomic mass is 10.2. The maximum atomic E-state index is 12.4. The molecule has 8 heteroatoms. The van der Waals surface area contributed by atoms with Crippen LogP contribution in [0.4, 0.5) is 5.69 Å². The molecule has 138 valence electrons. The van der Waals surface area contributed by atoms with Crippen molar-refractivity contribution in [3.63, 3.8) is 0 Å². The summed E-state index contributed by atoms with van der Waals surface area (Å²) in [5.41, 5.74) is 1.03. The minimum atomic E-state index is -0.368. The molecule has 2 aromatic rings. The lowest BCUT2D eigenvalue weighted by Gasteiger charge is -2.10. The number of nitrogens with one attached hydrogen (secondary N) is 2. The smallest absolute Gasteiger partial charge is 0.269 e. The number of nitrogens with zero attached hydrogens (tertiary/aromatic N) is 2. The monoisotopic (exact) mass is 394 g/mol. The molecule has 0 aliphatic heterocycles. The van der Waals surface area contributed by atoms with Crippen molar-refractivity contribution in [3.05, 3.63) is 57.8 Å². The molecular weight excluding hydrogens is 375 g/mol. The van der Waals surface area contributed by atoms with E-state index in [9.17, 15) is 9.59 Å². The third-order valence-corrected chi connectivity index (χ3v) is 4.24. The van der Waals surface area contributed by atoms with Crippen LogP contribution in [-0.2, 0) is 0 Å². The van der Waals surface area contributed by atoms with Crippen molar-refractivity contribution in [3.8, 4) is 0 Å². The minimum absolute atomic E-state index is 0.191. The van der Waals surface area contributed by atoms with Gasteiger partial charge in [-0.25, -0.2) is 0 Å². The zero-order valence-corrected chi connectivity index (χ0v) is 16.1. The molecule has 6 nitrogen and oxygen atoms in total. The molecule has 2 N–H and O–H groups in total. The Morgan fingerprint density at radius 3 is 2.54 bits per heavy atom. The summed E-state index contributed by atoms with van der Waals surface area (Å²) < 4.78 is 0. The Morgan fingerprint density at radius 1 is 1.08 bits per heavy atom. The van der Waals surface area contributed by atoms with Crippen LogP contribution in [0.5, 0.6) is 0 Å². The van der Waals surface area contributed by atoms with E-state index < -0.39 is 0 Å². The Kier molecular flexibility index (Phi) is 7.38. The topological polar surface area (TPSA) is 74.3 Å². The zero-order valence-electron chi connectivity index (χ0n) is 14.6. The van der Waals surface area contributed by atoms with E-state index in [-0.39, 0.29) is 17.5 Å². The number of hydrogen-bond donors (Lipinski definition) is 2. The summed E-state index contributed by atoms with van der Waals surface area (Å²) in [5, 5.41) is 6.25. The number of aromatic nitrogens is 1. The number of benzene rings is 1. The first-order valence-corrected chi connectivity index (χ1v) is 8.78. The Morgan fingerprint density at radius 2 is 1.85 bits per heavy atom. The van der Waals surface area contributed by atoms with Crippen LogP contribution < -0.4 is 10.6 Å². The minimum Gasteiger partial charge on any atom is -0.351 e. The quantitative estimate of drug-likeness (QED) is 0.706. The first-order valence-electron chi connectivity index (χ1n) is 8.02. The maximum absolute atomic E-state index is 12.4. The van der Waals surface area contributed by atoms with E-state index in [0.29, 0.717) is 27.8 Å². The van der Waals surface area contributed by atoms with Gasteiger partial charge in [-0.1, -0.05) is 23.2 Å². The molecule has 0 aliphatic rings. The Labute approximate surface area is 162 Å². The van der Waals surface area contributed by atoms with Gasteiger partial charge in [0.1, 0.15) is 5.69 Å². The molecule has 0 saturated heterocycles. The van der Waals surface area contributed by atoms with Gasteiger partial charge in [-0.05, 0) is 57.4 Å². The van der Waals surface area contributed by atoms with Gasteiger partial charge in [-0.15, -0.1) is 0 Å². The standard InChI is InChI=1S/C18H20Cl2N4O2/c1-24(2)9-3-7-22-18(26)16-10-12(6-8-21-16)17(25)23-13-4-5-14(19)15(20)11-13/h4-6,8,10-11H,3,7,9H2,1-2H3,(H,22,26)(H,23,25). The number of halogens is 2. The van der Waals surface area contributed by atoms with Crippen LogP contribution in [0.25, 0.3) is 0 Å². The highest BCUT2D eigenvalue weighted by Crippen LogP contribution is 2.25. The number of pyridine rings is 1. The highest BCUT2D eigenvalue weighted by molar-refractivity contribution is 6.42. The predicted molar refractivity (Wildman–Crippen MR) is 104 cm³/mol. The average molecular weight is 395 g/mol. The summed E-state index contributed by atoms with van der Waals surface area (Å²) in [6.07, 6.45) is 2.26. The number of anilines is 1. The van der Waals surface area contributed by atoms with E-state index in [0.717, 1.165) is 13.0 Å². The maximum Gasteiger partial charge on any atom is 0.269 e. The van der Waals surface area contributed by atoms with Gasteiger partial charge in [0.05, 0.1) is 10.0 Å². The fourth-order valence-electron chi connectivity index (χ4n) is 2.16. The molecule has 0 fully saturated rings. The molecule has 0 spiro atoms. The molecular formula is C18H20Cl2N4O2. The Balaban J connectivity index is 1.99. The fourth-order valence-corrected chi connectivity index (χ4v) is 2.46. The van der Waals surface area contributed by atoms with Gasteiger partial charge >= 0.3 is 0 Å². The second-order valence-corrected chi connectivity index (χ2v) is 6.74. The molecule has 0 bridgehead atoms. The number of rotatable bonds is 7. The molecule has 0 aliphatic carbocycles. The van der Waals surface area contributed by atoms with Crippen molar-refractivity contribution in [2.24, 2.45) is 0 Å². The van der Waals surface area contributed by atoms with Crippen molar-refractivity contribution in [2.45, 2.75) is 6.42 Å². The molecule has 1 aromatic heterocycles. The SMILES string of the molecule is CN(C)CCCNC(=O)c1cc(C(=O)Nc2ccc(Cl)c(Cl)c2)ccn1. The third-order valence-electron chi connectivity index (χ3n) is 3.50. The van der Waals surface area contributed by atoms with Crippen molar-refractivity contribution in [1.29, 1.82) is 0 Å². The normalized spacial score (nSPS) is 10.7. The average Bonchev–Trinajstić information content (AvgIpc) is 2.61. The van der Waals surface area contributed by atoms with Crippen LogP contribution in [0.3, 0.4) is 0 Å². The first kappa shape index (κ1) is 20.2. The lowest BCUT2D eigenvalue weighted by molar-refractivity contribution is 0.0947. The Hall–Kier alpha value is -2.15. The molecule has 0 saturated carbocycles. The van der Waals surface area contributed by atoms with E-state index in [1.807, 2.05) is 19.0 Å². The van der Waals surface area contributed by atoms with Crippen molar-refractivity contribution in [2.75, 3.05) is 32.5 Å². The van der Waals surface area contributed by atoms with Crippen LogP contribution in [0, 0.1) is 0 Å². The second-order valence-electron chi connectivity index (χ2n) is 5.93. The third kappa shape index (κ3) is 5.98. The van der Waals surface area contributed by atoms with Crippen LogP contribution in [0.1, 0.15) is 27.3 Å². The predicted octanol–water partition coefficient (Wildman–Crippen LogP) is 3.32. The van der Waals surface area contributed by atoms with Gasteiger partial charge in [-0.3, -0.25) is 14.6 Å². The second kappa shape index (κ2) is 9.52. The van der Waals surface area contributed by atoms with Gasteiger partial charge < -0.3 is 15.5 Å². The van der Waals surface area contributed by atoms with E-state index in [1.165, 1.54) is 18.3 Å². The summed E-state index contributed by atoms with van der Waals surface area (Å²) in [6.45, 7) is 1.41. The fraction of sp³-hybridized carbons (Fsp3) is 0.278. The van der Waals surface area contributed by atoms with E-state index in [2.05, 4.69) is 15.6 Å². The molecule has 1 heterocycles. The van der Waals surface area contributed by atoms with Crippen LogP contribution >= 0.6 is 23.2 Å². The summed E-state index contributed by atoms with van der Waals surface area (Å²) in [5.74, 6) is -0.680. The molecule has 0 unspecified atom stereocenters. The lowest BCUT2D eigenvalue weighted by Crippen LogP contribution is -2.28. The molecule has 26 heavy (non-hydrogen) atoms. The van der Waals surface area contributed by atoms with Crippen molar-refractivity contribution < 1.29 is 9.59 Å². The summed E-state index contributed by atoms with van der Waals surface area (Å²) in [6, 6.07) is 7.79. The van der Waals surface area contributed by atoms with Crippen molar-refractivity contribution >= 4 is 40.7 Å². The van der Waals surface area contributed by atoms with Crippen LogP contribution in [0.2, 0.25) is 10.0 Å². The molecule has 0 atom stereocenters. The van der Waals surface area contributed by atoms with Crippen molar-refractivity contribution in [1.82, 2.24) is 15.2 Å². The number of hydrogen-bond acceptors (Lipinski definition) is 4. The largest absolute Gasteiger partial charge is 0.351 e. The van der Waals surface area contributed by atoms with E-state index in [1.54, 1.807) is 18.2 Å². The number of carbonyl (C=O) groups is 2. The summed E-state index contributed by atoms with van der Waals surface area (Å²) >= 11 is 11.8.